The summed E-state index contributed by atoms with van der Waals surface area (Å²) in [5.41, 5.74) is -1.11. The lowest BCUT2D eigenvalue weighted by Gasteiger charge is -2.38. The Labute approximate surface area is 105 Å². The standard InChI is InChI=1S/C14H28O3/c1-10(2)12-6-5-11(3)7-13(12)17-9-14(4,16)8-15/h10-13,15-16H,5-9H2,1-4H3/t11-,12+,13-,14?/m0/s1. The molecule has 1 aliphatic carbocycles. The lowest BCUT2D eigenvalue weighted by molar-refractivity contribution is -0.116. The van der Waals surface area contributed by atoms with E-state index >= 15 is 0 Å². The first-order valence-electron chi connectivity index (χ1n) is 6.80. The van der Waals surface area contributed by atoms with Gasteiger partial charge in [0.25, 0.3) is 0 Å². The maximum absolute atomic E-state index is 9.77. The van der Waals surface area contributed by atoms with Crippen LogP contribution in [0.1, 0.15) is 47.0 Å². The molecule has 1 fully saturated rings. The summed E-state index contributed by atoms with van der Waals surface area (Å²) in [7, 11) is 0. The first-order valence-corrected chi connectivity index (χ1v) is 6.80. The third kappa shape index (κ3) is 4.57. The quantitative estimate of drug-likeness (QED) is 0.779. The highest BCUT2D eigenvalue weighted by molar-refractivity contribution is 4.82. The van der Waals surface area contributed by atoms with E-state index in [4.69, 9.17) is 9.84 Å². The minimum absolute atomic E-state index is 0.226. The van der Waals surface area contributed by atoms with E-state index in [2.05, 4.69) is 20.8 Å². The summed E-state index contributed by atoms with van der Waals surface area (Å²) >= 11 is 0. The first-order chi connectivity index (χ1) is 7.85. The van der Waals surface area contributed by atoms with Gasteiger partial charge in [-0.15, -0.1) is 0 Å². The Morgan fingerprint density at radius 2 is 2.00 bits per heavy atom. The second-order valence-electron chi connectivity index (χ2n) is 6.33. The molecule has 0 saturated heterocycles. The molecule has 1 rings (SSSR count). The Bertz CT molecular complexity index is 226. The average Bonchev–Trinajstić information content (AvgIpc) is 2.26. The first kappa shape index (κ1) is 14.9. The van der Waals surface area contributed by atoms with E-state index in [0.717, 1.165) is 6.42 Å². The van der Waals surface area contributed by atoms with Gasteiger partial charge in [-0.2, -0.15) is 0 Å². The number of aliphatic hydroxyl groups excluding tert-OH is 1. The average molecular weight is 244 g/mol. The third-order valence-corrected chi connectivity index (χ3v) is 3.91. The summed E-state index contributed by atoms with van der Waals surface area (Å²) in [6.45, 7) is 8.33. The van der Waals surface area contributed by atoms with Crippen LogP contribution in [0.4, 0.5) is 0 Å². The molecule has 1 unspecified atom stereocenters. The lowest BCUT2D eigenvalue weighted by atomic mass is 9.75. The Kier molecular flexibility index (Phi) is 5.42. The van der Waals surface area contributed by atoms with Gasteiger partial charge in [0.1, 0.15) is 5.60 Å². The van der Waals surface area contributed by atoms with Crippen LogP contribution in [0, 0.1) is 17.8 Å². The zero-order valence-electron chi connectivity index (χ0n) is 11.6. The van der Waals surface area contributed by atoms with Crippen LogP contribution in [-0.2, 0) is 4.74 Å². The molecule has 0 aromatic carbocycles. The van der Waals surface area contributed by atoms with Crippen LogP contribution in [0.25, 0.3) is 0 Å². The highest BCUT2D eigenvalue weighted by atomic mass is 16.5. The summed E-state index contributed by atoms with van der Waals surface area (Å²) in [4.78, 5) is 0. The molecule has 0 bridgehead atoms. The maximum Gasteiger partial charge on any atom is 0.108 e. The van der Waals surface area contributed by atoms with Crippen molar-refractivity contribution >= 4 is 0 Å². The smallest absolute Gasteiger partial charge is 0.108 e. The molecular weight excluding hydrogens is 216 g/mol. The van der Waals surface area contributed by atoms with Crippen LogP contribution in [0.5, 0.6) is 0 Å². The van der Waals surface area contributed by atoms with E-state index in [-0.39, 0.29) is 19.3 Å². The molecule has 17 heavy (non-hydrogen) atoms. The fourth-order valence-corrected chi connectivity index (χ4v) is 2.64. The number of hydrogen-bond donors (Lipinski definition) is 2. The molecule has 0 aromatic rings. The van der Waals surface area contributed by atoms with Gasteiger partial charge in [0.2, 0.25) is 0 Å². The largest absolute Gasteiger partial charge is 0.393 e. The van der Waals surface area contributed by atoms with Gasteiger partial charge in [-0.1, -0.05) is 27.2 Å². The summed E-state index contributed by atoms with van der Waals surface area (Å²) < 4.78 is 5.87. The lowest BCUT2D eigenvalue weighted by Crippen LogP contribution is -2.41. The molecule has 3 nitrogen and oxygen atoms in total. The second kappa shape index (κ2) is 6.17. The van der Waals surface area contributed by atoms with E-state index in [1.807, 2.05) is 0 Å². The van der Waals surface area contributed by atoms with Crippen molar-refractivity contribution in [2.24, 2.45) is 17.8 Å². The zero-order chi connectivity index (χ0) is 13.1. The molecule has 0 radical (unpaired) electrons. The van der Waals surface area contributed by atoms with E-state index in [9.17, 15) is 5.11 Å². The Morgan fingerprint density at radius 3 is 2.53 bits per heavy atom. The van der Waals surface area contributed by atoms with Crippen molar-refractivity contribution in [2.45, 2.75) is 58.7 Å². The van der Waals surface area contributed by atoms with Crippen LogP contribution in [0.2, 0.25) is 0 Å². The van der Waals surface area contributed by atoms with Crippen molar-refractivity contribution in [1.29, 1.82) is 0 Å². The van der Waals surface area contributed by atoms with Crippen LogP contribution in [-0.4, -0.2) is 35.1 Å². The minimum atomic E-state index is -1.11. The Morgan fingerprint density at radius 1 is 1.35 bits per heavy atom. The van der Waals surface area contributed by atoms with Gasteiger partial charge in [-0.05, 0) is 37.5 Å². The topological polar surface area (TPSA) is 49.7 Å². The molecular formula is C14H28O3. The minimum Gasteiger partial charge on any atom is -0.393 e. The number of hydrogen-bond acceptors (Lipinski definition) is 3. The van der Waals surface area contributed by atoms with E-state index in [1.54, 1.807) is 6.92 Å². The highest BCUT2D eigenvalue weighted by Gasteiger charge is 2.33. The van der Waals surface area contributed by atoms with Gasteiger partial charge in [-0.25, -0.2) is 0 Å². The van der Waals surface area contributed by atoms with Gasteiger partial charge in [0.05, 0.1) is 19.3 Å². The van der Waals surface area contributed by atoms with Crippen molar-refractivity contribution in [3.8, 4) is 0 Å². The van der Waals surface area contributed by atoms with Crippen LogP contribution in [0.15, 0.2) is 0 Å². The third-order valence-electron chi connectivity index (χ3n) is 3.91. The van der Waals surface area contributed by atoms with E-state index < -0.39 is 5.60 Å². The molecule has 0 amide bonds. The fraction of sp³-hybridized carbons (Fsp3) is 1.00. The second-order valence-corrected chi connectivity index (χ2v) is 6.33. The molecule has 1 saturated carbocycles. The molecule has 102 valence electrons. The van der Waals surface area contributed by atoms with Crippen LogP contribution in [0.3, 0.4) is 0 Å². The van der Waals surface area contributed by atoms with Gasteiger partial charge in [-0.3, -0.25) is 0 Å². The monoisotopic (exact) mass is 244 g/mol. The SMILES string of the molecule is CC(C)[C@H]1CC[C@H](C)C[C@@H]1OCC(C)(O)CO. The molecule has 0 spiro atoms. The van der Waals surface area contributed by atoms with Crippen molar-refractivity contribution < 1.29 is 14.9 Å². The van der Waals surface area contributed by atoms with Crippen molar-refractivity contribution in [3.63, 3.8) is 0 Å². The van der Waals surface area contributed by atoms with Crippen molar-refractivity contribution in [2.75, 3.05) is 13.2 Å². The summed E-state index contributed by atoms with van der Waals surface area (Å²) in [5.74, 6) is 1.90. The molecule has 0 heterocycles. The van der Waals surface area contributed by atoms with Crippen LogP contribution >= 0.6 is 0 Å². The van der Waals surface area contributed by atoms with Crippen LogP contribution < -0.4 is 0 Å². The van der Waals surface area contributed by atoms with Gasteiger partial charge >= 0.3 is 0 Å². The van der Waals surface area contributed by atoms with Gasteiger partial charge in [0, 0.05) is 0 Å². The summed E-state index contributed by atoms with van der Waals surface area (Å²) in [6, 6.07) is 0. The van der Waals surface area contributed by atoms with Crippen molar-refractivity contribution in [1.82, 2.24) is 0 Å². The number of rotatable bonds is 5. The normalized spacial score (nSPS) is 33.7. The molecule has 1 aliphatic rings. The zero-order valence-corrected chi connectivity index (χ0v) is 11.6. The summed E-state index contributed by atoms with van der Waals surface area (Å²) in [5, 5.41) is 18.8. The predicted octanol–water partition coefficient (Wildman–Crippen LogP) is 2.21. The van der Waals surface area contributed by atoms with Crippen molar-refractivity contribution in [3.05, 3.63) is 0 Å². The predicted molar refractivity (Wildman–Crippen MR) is 68.8 cm³/mol. The van der Waals surface area contributed by atoms with Gasteiger partial charge in [0.15, 0.2) is 0 Å². The number of ether oxygens (including phenoxy) is 1. The van der Waals surface area contributed by atoms with E-state index in [0.29, 0.717) is 17.8 Å². The molecule has 0 aromatic heterocycles. The fourth-order valence-electron chi connectivity index (χ4n) is 2.64. The maximum atomic E-state index is 9.77. The molecule has 0 aliphatic heterocycles. The molecule has 2 N–H and O–H groups in total. The molecule has 4 atom stereocenters. The molecule has 3 heteroatoms. The summed E-state index contributed by atoms with van der Waals surface area (Å²) in [6.07, 6.45) is 3.80. The Hall–Kier alpha value is -0.120. The Balaban J connectivity index is 2.52. The number of aliphatic hydroxyl groups is 2. The van der Waals surface area contributed by atoms with E-state index in [1.165, 1.54) is 12.8 Å². The highest BCUT2D eigenvalue weighted by Crippen LogP contribution is 2.35. The van der Waals surface area contributed by atoms with Gasteiger partial charge < -0.3 is 14.9 Å².